The van der Waals surface area contributed by atoms with Gasteiger partial charge in [0.1, 0.15) is 12.0 Å². The third-order valence-electron chi connectivity index (χ3n) is 4.60. The fourth-order valence-electron chi connectivity index (χ4n) is 3.11. The van der Waals surface area contributed by atoms with E-state index in [1.807, 2.05) is 6.07 Å². The van der Waals surface area contributed by atoms with Crippen LogP contribution in [-0.2, 0) is 13.0 Å². The molecule has 3 rings (SSSR count). The molecule has 5 heteroatoms. The number of hydrogen-bond donors (Lipinski definition) is 2. The Hall–Kier alpha value is -2.11. The van der Waals surface area contributed by atoms with Crippen molar-refractivity contribution in [2.45, 2.75) is 31.8 Å². The molecule has 128 valence electrons. The molecule has 0 radical (unpaired) electrons. The summed E-state index contributed by atoms with van der Waals surface area (Å²) < 4.78 is 5.22. The zero-order valence-corrected chi connectivity index (χ0v) is 13.9. The largest absolute Gasteiger partial charge is 0.467 e. The molecule has 1 saturated heterocycles. The summed E-state index contributed by atoms with van der Waals surface area (Å²) in [6.45, 7) is 3.44. The standard InChI is InChI=1S/C19H25N3O2/c20-13-18-12-16(14-24-18)19(23)21-17-7-10-22(11-8-17)9-6-15-4-2-1-3-5-15/h1-5,12,14,17H,6-11,13,20H2,(H,21,23). The predicted molar refractivity (Wildman–Crippen MR) is 93.7 cm³/mol. The summed E-state index contributed by atoms with van der Waals surface area (Å²) in [6, 6.07) is 12.5. The van der Waals surface area contributed by atoms with Crippen LogP contribution in [0.15, 0.2) is 47.1 Å². The van der Waals surface area contributed by atoms with Crippen molar-refractivity contribution in [3.8, 4) is 0 Å². The number of piperidine rings is 1. The third-order valence-corrected chi connectivity index (χ3v) is 4.60. The van der Waals surface area contributed by atoms with Gasteiger partial charge in [-0.3, -0.25) is 4.79 Å². The van der Waals surface area contributed by atoms with E-state index < -0.39 is 0 Å². The molecule has 0 bridgehead atoms. The molecular formula is C19H25N3O2. The Bertz CT molecular complexity index is 646. The second kappa shape index (κ2) is 8.13. The van der Waals surface area contributed by atoms with Gasteiger partial charge in [-0.15, -0.1) is 0 Å². The number of carbonyl (C=O) groups is 1. The average molecular weight is 327 g/mol. The third kappa shape index (κ3) is 4.46. The molecule has 1 aliphatic heterocycles. The molecule has 5 nitrogen and oxygen atoms in total. The normalized spacial score (nSPS) is 16.2. The summed E-state index contributed by atoms with van der Waals surface area (Å²) in [4.78, 5) is 14.7. The minimum absolute atomic E-state index is 0.0683. The zero-order chi connectivity index (χ0) is 16.8. The van der Waals surface area contributed by atoms with E-state index in [0.717, 1.165) is 38.9 Å². The van der Waals surface area contributed by atoms with Gasteiger partial charge in [0.2, 0.25) is 0 Å². The Balaban J connectivity index is 1.41. The minimum atomic E-state index is -0.0683. The van der Waals surface area contributed by atoms with Crippen LogP contribution in [-0.4, -0.2) is 36.5 Å². The molecule has 0 saturated carbocycles. The van der Waals surface area contributed by atoms with Crippen molar-refractivity contribution in [2.75, 3.05) is 19.6 Å². The van der Waals surface area contributed by atoms with Gasteiger partial charge in [0.15, 0.2) is 0 Å². The second-order valence-corrected chi connectivity index (χ2v) is 6.33. The molecule has 0 unspecified atom stereocenters. The first kappa shape index (κ1) is 16.7. The molecule has 1 fully saturated rings. The van der Waals surface area contributed by atoms with Gasteiger partial charge in [0.05, 0.1) is 12.1 Å². The summed E-state index contributed by atoms with van der Waals surface area (Å²) in [5.74, 6) is 0.567. The van der Waals surface area contributed by atoms with Gasteiger partial charge in [-0.1, -0.05) is 30.3 Å². The van der Waals surface area contributed by atoms with Crippen LogP contribution in [0.3, 0.4) is 0 Å². The maximum absolute atomic E-state index is 12.2. The smallest absolute Gasteiger partial charge is 0.254 e. The quantitative estimate of drug-likeness (QED) is 0.853. The Labute approximate surface area is 142 Å². The monoisotopic (exact) mass is 327 g/mol. The Morgan fingerprint density at radius 1 is 1.25 bits per heavy atom. The maximum Gasteiger partial charge on any atom is 0.254 e. The summed E-state index contributed by atoms with van der Waals surface area (Å²) in [5, 5.41) is 3.10. The van der Waals surface area contributed by atoms with Crippen molar-refractivity contribution in [1.82, 2.24) is 10.2 Å². The van der Waals surface area contributed by atoms with Crippen LogP contribution >= 0.6 is 0 Å². The van der Waals surface area contributed by atoms with Gasteiger partial charge in [-0.2, -0.15) is 0 Å². The number of nitrogens with two attached hydrogens (primary N) is 1. The number of likely N-dealkylation sites (tertiary alicyclic amines) is 1. The highest BCUT2D eigenvalue weighted by Crippen LogP contribution is 2.13. The molecule has 3 N–H and O–H groups in total. The molecule has 24 heavy (non-hydrogen) atoms. The lowest BCUT2D eigenvalue weighted by atomic mass is 10.0. The van der Waals surface area contributed by atoms with E-state index in [9.17, 15) is 4.79 Å². The first-order chi connectivity index (χ1) is 11.7. The van der Waals surface area contributed by atoms with E-state index in [4.69, 9.17) is 10.2 Å². The lowest BCUT2D eigenvalue weighted by molar-refractivity contribution is 0.0911. The molecule has 0 spiro atoms. The number of benzene rings is 1. The maximum atomic E-state index is 12.2. The van der Waals surface area contributed by atoms with E-state index >= 15 is 0 Å². The van der Waals surface area contributed by atoms with Crippen LogP contribution < -0.4 is 11.1 Å². The number of rotatable bonds is 6. The zero-order valence-electron chi connectivity index (χ0n) is 13.9. The summed E-state index contributed by atoms with van der Waals surface area (Å²) >= 11 is 0. The highest BCUT2D eigenvalue weighted by molar-refractivity contribution is 5.94. The molecule has 1 aliphatic rings. The van der Waals surface area contributed by atoms with Crippen LogP contribution in [0.4, 0.5) is 0 Å². The van der Waals surface area contributed by atoms with E-state index in [0.29, 0.717) is 17.9 Å². The topological polar surface area (TPSA) is 71.5 Å². The minimum Gasteiger partial charge on any atom is -0.467 e. The number of hydrogen-bond acceptors (Lipinski definition) is 4. The van der Waals surface area contributed by atoms with Crippen molar-refractivity contribution >= 4 is 5.91 Å². The number of nitrogens with one attached hydrogen (secondary N) is 1. The van der Waals surface area contributed by atoms with Crippen molar-refractivity contribution in [3.63, 3.8) is 0 Å². The summed E-state index contributed by atoms with van der Waals surface area (Å²) in [7, 11) is 0. The van der Waals surface area contributed by atoms with Crippen LogP contribution in [0.2, 0.25) is 0 Å². The lowest BCUT2D eigenvalue weighted by Crippen LogP contribution is -2.45. The van der Waals surface area contributed by atoms with Gasteiger partial charge in [0.25, 0.3) is 5.91 Å². The van der Waals surface area contributed by atoms with Crippen LogP contribution in [0, 0.1) is 0 Å². The fourth-order valence-corrected chi connectivity index (χ4v) is 3.11. The second-order valence-electron chi connectivity index (χ2n) is 6.33. The van der Waals surface area contributed by atoms with Gasteiger partial charge in [0, 0.05) is 25.7 Å². The lowest BCUT2D eigenvalue weighted by Gasteiger charge is -2.32. The van der Waals surface area contributed by atoms with Crippen molar-refractivity contribution in [2.24, 2.45) is 5.73 Å². The number of amides is 1. The van der Waals surface area contributed by atoms with E-state index in [1.54, 1.807) is 6.07 Å². The Morgan fingerprint density at radius 3 is 2.67 bits per heavy atom. The first-order valence-corrected chi connectivity index (χ1v) is 8.59. The number of carbonyl (C=O) groups excluding carboxylic acids is 1. The molecule has 2 aromatic rings. The van der Waals surface area contributed by atoms with Crippen LogP contribution in [0.1, 0.15) is 34.5 Å². The first-order valence-electron chi connectivity index (χ1n) is 8.59. The molecule has 0 aliphatic carbocycles. The highest BCUT2D eigenvalue weighted by atomic mass is 16.3. The predicted octanol–water partition coefficient (Wildman–Crippen LogP) is 2.18. The molecule has 0 atom stereocenters. The van der Waals surface area contributed by atoms with Gasteiger partial charge in [-0.25, -0.2) is 0 Å². The summed E-state index contributed by atoms with van der Waals surface area (Å²) in [6.07, 6.45) is 4.53. The van der Waals surface area contributed by atoms with E-state index in [-0.39, 0.29) is 11.9 Å². The molecule has 2 heterocycles. The summed E-state index contributed by atoms with van der Waals surface area (Å²) in [5.41, 5.74) is 7.44. The number of furan rings is 1. The average Bonchev–Trinajstić information content (AvgIpc) is 3.11. The van der Waals surface area contributed by atoms with Gasteiger partial charge < -0.3 is 20.4 Å². The Morgan fingerprint density at radius 2 is 2.00 bits per heavy atom. The Kier molecular flexibility index (Phi) is 5.67. The van der Waals surface area contributed by atoms with Crippen molar-refractivity contribution in [3.05, 3.63) is 59.5 Å². The molecule has 1 aromatic carbocycles. The van der Waals surface area contributed by atoms with Crippen LogP contribution in [0.25, 0.3) is 0 Å². The van der Waals surface area contributed by atoms with Gasteiger partial charge >= 0.3 is 0 Å². The molecule has 1 aromatic heterocycles. The van der Waals surface area contributed by atoms with E-state index in [1.165, 1.54) is 11.8 Å². The number of nitrogens with zero attached hydrogens (tertiary/aromatic N) is 1. The molecule has 1 amide bonds. The van der Waals surface area contributed by atoms with E-state index in [2.05, 4.69) is 34.5 Å². The molecular weight excluding hydrogens is 302 g/mol. The van der Waals surface area contributed by atoms with Crippen molar-refractivity contribution < 1.29 is 9.21 Å². The fraction of sp³-hybridized carbons (Fsp3) is 0.421. The van der Waals surface area contributed by atoms with Crippen molar-refractivity contribution in [1.29, 1.82) is 0 Å². The highest BCUT2D eigenvalue weighted by Gasteiger charge is 2.21. The van der Waals surface area contributed by atoms with Gasteiger partial charge in [-0.05, 0) is 30.9 Å². The SMILES string of the molecule is NCc1cc(C(=O)NC2CCN(CCc3ccccc3)CC2)co1. The van der Waals surface area contributed by atoms with Crippen LogP contribution in [0.5, 0.6) is 0 Å².